The number of hydrogen-bond donors (Lipinski definition) is 1. The van der Waals surface area contributed by atoms with E-state index in [0.29, 0.717) is 0 Å². The largest absolute Gasteiger partial charge is 0.328 e. The molecule has 0 spiro atoms. The highest BCUT2D eigenvalue weighted by Crippen LogP contribution is 2.27. The van der Waals surface area contributed by atoms with Gasteiger partial charge in [-0.3, -0.25) is 0 Å². The van der Waals surface area contributed by atoms with Crippen LogP contribution in [0.3, 0.4) is 0 Å². The van der Waals surface area contributed by atoms with Crippen molar-refractivity contribution in [3.63, 3.8) is 0 Å². The Morgan fingerprint density at radius 2 is 2.22 bits per heavy atom. The van der Waals surface area contributed by atoms with Gasteiger partial charge in [-0.25, -0.2) is 4.98 Å². The fraction of sp³-hybridized carbons (Fsp3) is 0.417. The first-order valence-electron chi connectivity index (χ1n) is 5.81. The van der Waals surface area contributed by atoms with Crippen molar-refractivity contribution in [3.8, 4) is 0 Å². The summed E-state index contributed by atoms with van der Waals surface area (Å²) in [6, 6.07) is 4.11. The van der Waals surface area contributed by atoms with Crippen LogP contribution in [-0.4, -0.2) is 25.8 Å². The minimum Gasteiger partial charge on any atom is -0.328 e. The second-order valence-electron chi connectivity index (χ2n) is 4.34. The van der Waals surface area contributed by atoms with Crippen molar-refractivity contribution >= 4 is 11.8 Å². The highest BCUT2D eigenvalue weighted by molar-refractivity contribution is 7.99. The second kappa shape index (κ2) is 5.49. The minimum atomic E-state index is 0.120. The van der Waals surface area contributed by atoms with E-state index < -0.39 is 0 Å². The third kappa shape index (κ3) is 2.88. The summed E-state index contributed by atoms with van der Waals surface area (Å²) in [5.74, 6) is 0.891. The lowest BCUT2D eigenvalue weighted by Gasteiger charge is -2.09. The average molecular weight is 263 g/mol. The maximum Gasteiger partial charge on any atom is 0.197 e. The third-order valence-corrected chi connectivity index (χ3v) is 3.73. The molecule has 2 heterocycles. The minimum absolute atomic E-state index is 0.120. The van der Waals surface area contributed by atoms with Crippen LogP contribution in [0.15, 0.2) is 28.5 Å². The molecule has 0 saturated carbocycles. The van der Waals surface area contributed by atoms with E-state index in [1.54, 1.807) is 6.20 Å². The number of aryl methyl sites for hydroxylation is 1. The van der Waals surface area contributed by atoms with Crippen LogP contribution in [0.1, 0.15) is 18.3 Å². The van der Waals surface area contributed by atoms with E-state index in [9.17, 15) is 0 Å². The molecule has 6 heteroatoms. The molecule has 0 amide bonds. The summed E-state index contributed by atoms with van der Waals surface area (Å²) in [5.41, 5.74) is 7.00. The number of rotatable bonds is 4. The van der Waals surface area contributed by atoms with Gasteiger partial charge in [0.2, 0.25) is 0 Å². The first kappa shape index (κ1) is 13.0. The molecule has 96 valence electrons. The molecule has 0 aromatic carbocycles. The normalized spacial score (nSPS) is 12.7. The Labute approximate surface area is 111 Å². The molecule has 1 atom stereocenters. The van der Waals surface area contributed by atoms with Gasteiger partial charge in [-0.1, -0.05) is 6.07 Å². The van der Waals surface area contributed by atoms with Crippen molar-refractivity contribution in [3.05, 3.63) is 29.7 Å². The standard InChI is InChI=1S/C12H17N5S/c1-8(13)7-10-5-4-6-14-11(10)18-12-16-15-9(2)17(12)3/h4-6,8H,7,13H2,1-3H3. The molecule has 0 radical (unpaired) electrons. The molecule has 2 N–H and O–H groups in total. The molecular weight excluding hydrogens is 246 g/mol. The summed E-state index contributed by atoms with van der Waals surface area (Å²) in [4.78, 5) is 4.40. The van der Waals surface area contributed by atoms with Crippen molar-refractivity contribution in [2.45, 2.75) is 36.5 Å². The molecule has 2 aromatic heterocycles. The van der Waals surface area contributed by atoms with Crippen LogP contribution < -0.4 is 5.73 Å². The second-order valence-corrected chi connectivity index (χ2v) is 5.30. The van der Waals surface area contributed by atoms with E-state index in [1.807, 2.05) is 31.5 Å². The lowest BCUT2D eigenvalue weighted by atomic mass is 10.1. The fourth-order valence-electron chi connectivity index (χ4n) is 1.58. The van der Waals surface area contributed by atoms with Crippen LogP contribution in [-0.2, 0) is 13.5 Å². The zero-order chi connectivity index (χ0) is 13.1. The molecular formula is C12H17N5S. The SMILES string of the molecule is Cc1nnc(Sc2ncccc2CC(C)N)n1C. The van der Waals surface area contributed by atoms with E-state index in [2.05, 4.69) is 21.2 Å². The van der Waals surface area contributed by atoms with Crippen molar-refractivity contribution in [1.29, 1.82) is 0 Å². The van der Waals surface area contributed by atoms with Crippen molar-refractivity contribution < 1.29 is 0 Å². The quantitative estimate of drug-likeness (QED) is 0.906. The smallest absolute Gasteiger partial charge is 0.197 e. The highest BCUT2D eigenvalue weighted by atomic mass is 32.2. The predicted molar refractivity (Wildman–Crippen MR) is 71.5 cm³/mol. The van der Waals surface area contributed by atoms with Crippen molar-refractivity contribution in [1.82, 2.24) is 19.7 Å². The third-order valence-electron chi connectivity index (χ3n) is 2.63. The van der Waals surface area contributed by atoms with E-state index >= 15 is 0 Å². The van der Waals surface area contributed by atoms with Crippen LogP contribution in [0, 0.1) is 6.92 Å². The number of nitrogens with zero attached hydrogens (tertiary/aromatic N) is 4. The highest BCUT2D eigenvalue weighted by Gasteiger charge is 2.12. The van der Waals surface area contributed by atoms with Gasteiger partial charge < -0.3 is 10.3 Å². The van der Waals surface area contributed by atoms with Gasteiger partial charge in [0, 0.05) is 19.3 Å². The van der Waals surface area contributed by atoms with Gasteiger partial charge in [0.25, 0.3) is 0 Å². The summed E-state index contributed by atoms with van der Waals surface area (Å²) >= 11 is 1.53. The molecule has 0 aliphatic carbocycles. The number of aromatic nitrogens is 4. The summed E-state index contributed by atoms with van der Waals surface area (Å²) in [7, 11) is 1.95. The molecule has 0 aliphatic heterocycles. The summed E-state index contributed by atoms with van der Waals surface area (Å²) < 4.78 is 1.95. The number of pyridine rings is 1. The lowest BCUT2D eigenvalue weighted by Crippen LogP contribution is -2.18. The topological polar surface area (TPSA) is 69.6 Å². The van der Waals surface area contributed by atoms with Gasteiger partial charge in [-0.2, -0.15) is 0 Å². The molecule has 0 fully saturated rings. The predicted octanol–water partition coefficient (Wildman–Crippen LogP) is 1.56. The van der Waals surface area contributed by atoms with Crippen LogP contribution in [0.25, 0.3) is 0 Å². The van der Waals surface area contributed by atoms with Crippen LogP contribution >= 0.6 is 11.8 Å². The van der Waals surface area contributed by atoms with Gasteiger partial charge in [0.15, 0.2) is 5.16 Å². The molecule has 5 nitrogen and oxygen atoms in total. The van der Waals surface area contributed by atoms with Crippen LogP contribution in [0.5, 0.6) is 0 Å². The summed E-state index contributed by atoms with van der Waals surface area (Å²) in [6.07, 6.45) is 2.60. The Bertz CT molecular complexity index is 535. The van der Waals surface area contributed by atoms with E-state index in [1.165, 1.54) is 11.8 Å². The molecule has 0 aliphatic rings. The maximum absolute atomic E-state index is 5.85. The molecule has 2 aromatic rings. The van der Waals surface area contributed by atoms with Gasteiger partial charge >= 0.3 is 0 Å². The van der Waals surface area contributed by atoms with E-state index in [-0.39, 0.29) is 6.04 Å². The number of hydrogen-bond acceptors (Lipinski definition) is 5. The lowest BCUT2D eigenvalue weighted by molar-refractivity contribution is 0.720. The monoisotopic (exact) mass is 263 g/mol. The van der Waals surface area contributed by atoms with Gasteiger partial charge in [0.1, 0.15) is 10.9 Å². The Morgan fingerprint density at radius 3 is 2.83 bits per heavy atom. The van der Waals surface area contributed by atoms with E-state index in [4.69, 9.17) is 5.73 Å². The first-order chi connectivity index (χ1) is 8.58. The first-order valence-corrected chi connectivity index (χ1v) is 6.63. The zero-order valence-electron chi connectivity index (χ0n) is 10.8. The molecule has 2 rings (SSSR count). The van der Waals surface area contributed by atoms with Crippen LogP contribution in [0.2, 0.25) is 0 Å². The Hall–Kier alpha value is -1.40. The number of nitrogens with two attached hydrogens (primary N) is 1. The van der Waals surface area contributed by atoms with E-state index in [0.717, 1.165) is 28.0 Å². The van der Waals surface area contributed by atoms with Gasteiger partial charge in [0.05, 0.1) is 0 Å². The fourth-order valence-corrected chi connectivity index (χ4v) is 2.50. The molecule has 1 unspecified atom stereocenters. The van der Waals surface area contributed by atoms with Crippen molar-refractivity contribution in [2.75, 3.05) is 0 Å². The van der Waals surface area contributed by atoms with Crippen LogP contribution in [0.4, 0.5) is 0 Å². The Kier molecular flexibility index (Phi) is 3.98. The zero-order valence-corrected chi connectivity index (χ0v) is 11.6. The Balaban J connectivity index is 2.26. The molecule has 0 saturated heterocycles. The summed E-state index contributed by atoms with van der Waals surface area (Å²) in [5, 5.41) is 9.97. The molecule has 18 heavy (non-hydrogen) atoms. The van der Waals surface area contributed by atoms with Gasteiger partial charge in [-0.05, 0) is 43.7 Å². The van der Waals surface area contributed by atoms with Crippen molar-refractivity contribution in [2.24, 2.45) is 12.8 Å². The molecule has 0 bridgehead atoms. The maximum atomic E-state index is 5.85. The average Bonchev–Trinajstić information content (AvgIpc) is 2.63. The Morgan fingerprint density at radius 1 is 1.44 bits per heavy atom. The summed E-state index contributed by atoms with van der Waals surface area (Å²) in [6.45, 7) is 3.92. The van der Waals surface area contributed by atoms with Gasteiger partial charge in [-0.15, -0.1) is 10.2 Å².